The van der Waals surface area contributed by atoms with Crippen LogP contribution < -0.4 is 4.90 Å². The molecule has 0 bridgehead atoms. The Morgan fingerprint density at radius 3 is 2.44 bits per heavy atom. The van der Waals surface area contributed by atoms with Crippen molar-refractivity contribution in [3.63, 3.8) is 0 Å². The molecule has 0 fully saturated rings. The SMILES string of the molecule is O=C(/C=C/c1ccccc1N1CCc2ccccc2C1)c1ccccc1Cl. The smallest absolute Gasteiger partial charge is 0.187 e. The lowest BCUT2D eigenvalue weighted by molar-refractivity contribution is 0.104. The molecule has 0 aliphatic carbocycles. The lowest BCUT2D eigenvalue weighted by Crippen LogP contribution is -2.30. The normalized spacial score (nSPS) is 13.6. The maximum atomic E-state index is 12.5. The Bertz CT molecular complexity index is 1010. The van der Waals surface area contributed by atoms with Gasteiger partial charge in [-0.2, -0.15) is 0 Å². The topological polar surface area (TPSA) is 20.3 Å². The first-order valence-corrected chi connectivity index (χ1v) is 9.48. The van der Waals surface area contributed by atoms with Crippen LogP contribution in [0.1, 0.15) is 27.0 Å². The van der Waals surface area contributed by atoms with E-state index in [0.29, 0.717) is 10.6 Å². The summed E-state index contributed by atoms with van der Waals surface area (Å²) in [5.41, 5.74) is 5.51. The van der Waals surface area contributed by atoms with Crippen LogP contribution in [0.25, 0.3) is 6.08 Å². The average molecular weight is 374 g/mol. The van der Waals surface area contributed by atoms with E-state index >= 15 is 0 Å². The number of hydrogen-bond donors (Lipinski definition) is 0. The molecule has 27 heavy (non-hydrogen) atoms. The second-order valence-corrected chi connectivity index (χ2v) is 7.08. The van der Waals surface area contributed by atoms with Crippen LogP contribution in [0.5, 0.6) is 0 Å². The number of halogens is 1. The van der Waals surface area contributed by atoms with Crippen molar-refractivity contribution in [3.05, 3.63) is 106 Å². The highest BCUT2D eigenvalue weighted by Gasteiger charge is 2.17. The first-order chi connectivity index (χ1) is 13.2. The van der Waals surface area contributed by atoms with Gasteiger partial charge in [0.25, 0.3) is 0 Å². The van der Waals surface area contributed by atoms with Gasteiger partial charge in [-0.25, -0.2) is 0 Å². The highest BCUT2D eigenvalue weighted by molar-refractivity contribution is 6.34. The van der Waals surface area contributed by atoms with Crippen molar-refractivity contribution >= 4 is 29.1 Å². The van der Waals surface area contributed by atoms with Crippen LogP contribution in [0.2, 0.25) is 5.02 Å². The summed E-state index contributed by atoms with van der Waals surface area (Å²) in [7, 11) is 0. The fraction of sp³-hybridized carbons (Fsp3) is 0.125. The summed E-state index contributed by atoms with van der Waals surface area (Å²) in [4.78, 5) is 14.9. The van der Waals surface area contributed by atoms with E-state index in [1.165, 1.54) is 11.1 Å². The van der Waals surface area contributed by atoms with E-state index in [1.807, 2.05) is 36.4 Å². The van der Waals surface area contributed by atoms with E-state index < -0.39 is 0 Å². The predicted molar refractivity (Wildman–Crippen MR) is 112 cm³/mol. The zero-order valence-electron chi connectivity index (χ0n) is 14.9. The molecule has 0 spiro atoms. The number of carbonyl (C=O) groups excluding carboxylic acids is 1. The molecular formula is C24H20ClNO. The third-order valence-electron chi connectivity index (χ3n) is 4.96. The van der Waals surface area contributed by atoms with Crippen molar-refractivity contribution in [1.82, 2.24) is 0 Å². The molecule has 3 heteroatoms. The molecule has 0 amide bonds. The second-order valence-electron chi connectivity index (χ2n) is 6.68. The van der Waals surface area contributed by atoms with Crippen molar-refractivity contribution < 1.29 is 4.79 Å². The zero-order chi connectivity index (χ0) is 18.6. The van der Waals surface area contributed by atoms with Crippen molar-refractivity contribution in [1.29, 1.82) is 0 Å². The van der Waals surface area contributed by atoms with Crippen LogP contribution in [0.15, 0.2) is 78.9 Å². The Labute approximate surface area is 164 Å². The molecule has 0 aromatic heterocycles. The molecule has 1 aliphatic heterocycles. The monoisotopic (exact) mass is 373 g/mol. The molecule has 1 heterocycles. The number of allylic oxidation sites excluding steroid dienone is 1. The molecule has 134 valence electrons. The van der Waals surface area contributed by atoms with Gasteiger partial charge in [0.05, 0.1) is 5.02 Å². The third kappa shape index (κ3) is 3.81. The Balaban J connectivity index is 1.59. The standard InChI is InChI=1S/C24H20ClNO/c25-22-11-5-4-10-21(22)24(27)14-13-19-8-3-6-12-23(19)26-16-15-18-7-1-2-9-20(18)17-26/h1-14H,15-17H2/b14-13+. The molecule has 3 aromatic rings. The summed E-state index contributed by atoms with van der Waals surface area (Å²) in [5.74, 6) is -0.0839. The van der Waals surface area contributed by atoms with Crippen molar-refractivity contribution in [2.24, 2.45) is 0 Å². The summed E-state index contributed by atoms with van der Waals surface area (Å²) in [6, 6.07) is 24.0. The quantitative estimate of drug-likeness (QED) is 0.425. The van der Waals surface area contributed by atoms with Crippen LogP contribution in [0, 0.1) is 0 Å². The number of ketones is 1. The van der Waals surface area contributed by atoms with Gasteiger partial charge in [0.2, 0.25) is 0 Å². The molecule has 0 unspecified atom stereocenters. The van der Waals surface area contributed by atoms with E-state index in [-0.39, 0.29) is 5.78 Å². The summed E-state index contributed by atoms with van der Waals surface area (Å²) >= 11 is 6.14. The van der Waals surface area contributed by atoms with Crippen LogP contribution in [0.4, 0.5) is 5.69 Å². The number of hydrogen-bond acceptors (Lipinski definition) is 2. The lowest BCUT2D eigenvalue weighted by atomic mass is 9.98. The van der Waals surface area contributed by atoms with Gasteiger partial charge in [0.1, 0.15) is 0 Å². The molecule has 2 nitrogen and oxygen atoms in total. The zero-order valence-corrected chi connectivity index (χ0v) is 15.7. The molecule has 0 atom stereocenters. The molecular weight excluding hydrogens is 354 g/mol. The van der Waals surface area contributed by atoms with Gasteiger partial charge in [-0.1, -0.05) is 66.2 Å². The van der Waals surface area contributed by atoms with Gasteiger partial charge in [-0.05, 0) is 53.5 Å². The number of rotatable bonds is 4. The Morgan fingerprint density at radius 1 is 0.889 bits per heavy atom. The minimum absolute atomic E-state index is 0.0839. The number of anilines is 1. The van der Waals surface area contributed by atoms with E-state index in [4.69, 9.17) is 11.6 Å². The summed E-state index contributed by atoms with van der Waals surface area (Å²) in [6.07, 6.45) is 4.53. The first kappa shape index (κ1) is 17.6. The highest BCUT2D eigenvalue weighted by Crippen LogP contribution is 2.28. The summed E-state index contributed by atoms with van der Waals surface area (Å²) in [6.45, 7) is 1.86. The molecule has 0 saturated carbocycles. The van der Waals surface area contributed by atoms with Crippen LogP contribution in [-0.4, -0.2) is 12.3 Å². The highest BCUT2D eigenvalue weighted by atomic mass is 35.5. The molecule has 1 aliphatic rings. The van der Waals surface area contributed by atoms with Gasteiger partial charge < -0.3 is 4.90 Å². The largest absolute Gasteiger partial charge is 0.366 e. The minimum Gasteiger partial charge on any atom is -0.366 e. The van der Waals surface area contributed by atoms with E-state index in [1.54, 1.807) is 18.2 Å². The van der Waals surface area contributed by atoms with Crippen LogP contribution >= 0.6 is 11.6 Å². The summed E-state index contributed by atoms with van der Waals surface area (Å²) in [5, 5.41) is 0.480. The van der Waals surface area contributed by atoms with Gasteiger partial charge in [-0.15, -0.1) is 0 Å². The van der Waals surface area contributed by atoms with Crippen molar-refractivity contribution in [2.75, 3.05) is 11.4 Å². The average Bonchev–Trinajstić information content (AvgIpc) is 2.72. The van der Waals surface area contributed by atoms with E-state index in [0.717, 1.165) is 30.8 Å². The number of benzene rings is 3. The van der Waals surface area contributed by atoms with Crippen molar-refractivity contribution in [2.45, 2.75) is 13.0 Å². The first-order valence-electron chi connectivity index (χ1n) is 9.10. The minimum atomic E-state index is -0.0839. The number of fused-ring (bicyclic) bond motifs is 1. The Hall–Kier alpha value is -2.84. The van der Waals surface area contributed by atoms with Gasteiger partial charge >= 0.3 is 0 Å². The Morgan fingerprint density at radius 2 is 1.59 bits per heavy atom. The summed E-state index contributed by atoms with van der Waals surface area (Å²) < 4.78 is 0. The van der Waals surface area contributed by atoms with Gasteiger partial charge in [0.15, 0.2) is 5.78 Å². The van der Waals surface area contributed by atoms with Crippen LogP contribution in [0.3, 0.4) is 0 Å². The van der Waals surface area contributed by atoms with Gasteiger partial charge in [0, 0.05) is 24.3 Å². The third-order valence-corrected chi connectivity index (χ3v) is 5.29. The maximum Gasteiger partial charge on any atom is 0.187 e. The van der Waals surface area contributed by atoms with Gasteiger partial charge in [-0.3, -0.25) is 4.79 Å². The fourth-order valence-electron chi connectivity index (χ4n) is 3.53. The molecule has 4 rings (SSSR count). The fourth-order valence-corrected chi connectivity index (χ4v) is 3.76. The molecule has 0 N–H and O–H groups in total. The molecule has 0 radical (unpaired) electrons. The van der Waals surface area contributed by atoms with E-state index in [9.17, 15) is 4.79 Å². The molecule has 3 aromatic carbocycles. The van der Waals surface area contributed by atoms with Crippen molar-refractivity contribution in [3.8, 4) is 0 Å². The number of nitrogens with zero attached hydrogens (tertiary/aromatic N) is 1. The number of para-hydroxylation sites is 1. The molecule has 0 saturated heterocycles. The predicted octanol–water partition coefficient (Wildman–Crippen LogP) is 5.80. The van der Waals surface area contributed by atoms with E-state index in [2.05, 4.69) is 35.2 Å². The Kier molecular flexibility index (Phi) is 5.08. The number of carbonyl (C=O) groups is 1. The second kappa shape index (κ2) is 7.81. The van der Waals surface area contributed by atoms with Crippen LogP contribution in [-0.2, 0) is 13.0 Å². The maximum absolute atomic E-state index is 12.5. The lowest BCUT2D eigenvalue weighted by Gasteiger charge is -2.31.